The number of pyridine rings is 1. The maximum Gasteiger partial charge on any atom is 0.217 e. The van der Waals surface area contributed by atoms with E-state index >= 15 is 0 Å². The smallest absolute Gasteiger partial charge is 0.217 e. The largest absolute Gasteiger partial charge is 0.726 e. The van der Waals surface area contributed by atoms with Crippen molar-refractivity contribution in [3.05, 3.63) is 66.0 Å². The van der Waals surface area contributed by atoms with Crippen molar-refractivity contribution in [1.29, 1.82) is 0 Å². The first-order valence-corrected chi connectivity index (χ1v) is 7.48. The number of hydrogen-bond donors (Lipinski definition) is 0. The molecule has 1 aromatic carbocycles. The summed E-state index contributed by atoms with van der Waals surface area (Å²) in [5.74, 6) is 0. The van der Waals surface area contributed by atoms with Crippen LogP contribution in [0.25, 0.3) is 12.3 Å². The molecule has 2 rings (SSSR count). The van der Waals surface area contributed by atoms with Crippen LogP contribution in [0.15, 0.2) is 54.9 Å². The molecular formula is C15H15NO5S. The summed E-state index contributed by atoms with van der Waals surface area (Å²) in [6.45, 7) is 0. The van der Waals surface area contributed by atoms with Crippen molar-refractivity contribution >= 4 is 29.0 Å². The first-order valence-electron chi connectivity index (χ1n) is 6.15. The van der Waals surface area contributed by atoms with Crippen LogP contribution >= 0.6 is 0 Å². The van der Waals surface area contributed by atoms with E-state index in [2.05, 4.69) is 4.18 Å². The molecule has 0 aliphatic rings. The first kappa shape index (κ1) is 17.7. The zero-order valence-corrected chi connectivity index (χ0v) is 12.6. The van der Waals surface area contributed by atoms with Crippen molar-refractivity contribution < 1.29 is 26.5 Å². The average molecular weight is 321 g/mol. The molecule has 0 spiro atoms. The van der Waals surface area contributed by atoms with Gasteiger partial charge in [0.15, 0.2) is 18.6 Å². The van der Waals surface area contributed by atoms with Gasteiger partial charge in [0.1, 0.15) is 6.29 Å². The Bertz CT molecular complexity index is 709. The van der Waals surface area contributed by atoms with Gasteiger partial charge in [-0.05, 0) is 5.56 Å². The Kier molecular flexibility index (Phi) is 7.11. The summed E-state index contributed by atoms with van der Waals surface area (Å²) in [6.07, 6.45) is 8.75. The highest BCUT2D eigenvalue weighted by Crippen LogP contribution is 2.04. The van der Waals surface area contributed by atoms with Gasteiger partial charge in [0, 0.05) is 23.8 Å². The number of aromatic nitrogens is 1. The van der Waals surface area contributed by atoms with Gasteiger partial charge in [-0.25, -0.2) is 8.42 Å². The van der Waals surface area contributed by atoms with Gasteiger partial charge in [-0.1, -0.05) is 30.3 Å². The van der Waals surface area contributed by atoms with Gasteiger partial charge in [0.05, 0.1) is 7.11 Å². The predicted octanol–water partition coefficient (Wildman–Crippen LogP) is 1.51. The van der Waals surface area contributed by atoms with Crippen LogP contribution in [0.3, 0.4) is 0 Å². The molecule has 0 amide bonds. The fourth-order valence-electron chi connectivity index (χ4n) is 1.37. The normalized spacial score (nSPS) is 10.8. The van der Waals surface area contributed by atoms with E-state index in [4.69, 9.17) is 0 Å². The van der Waals surface area contributed by atoms with Crippen molar-refractivity contribution in [1.82, 2.24) is 0 Å². The highest BCUT2D eigenvalue weighted by Gasteiger charge is 1.92. The number of hydrogen-bond acceptors (Lipinski definition) is 5. The second-order valence-electron chi connectivity index (χ2n) is 4.00. The van der Waals surface area contributed by atoms with Crippen molar-refractivity contribution in [3.8, 4) is 0 Å². The Morgan fingerprint density at radius 3 is 2.00 bits per heavy atom. The standard InChI is InChI=1S/C14H12NO.CH4O4S/c16-12-14-6-4-13(5-7-14)8-11-15-9-2-1-3-10-15;1-5-6(2,3)4/h1-12H;1H3,(H,2,3,4)/q+1;/p-1. The van der Waals surface area contributed by atoms with Crippen LogP contribution in [0, 0.1) is 0 Å². The highest BCUT2D eigenvalue weighted by molar-refractivity contribution is 7.80. The van der Waals surface area contributed by atoms with Gasteiger partial charge in [-0.15, -0.1) is 0 Å². The molecule has 2 aromatic rings. The molecule has 0 bridgehead atoms. The molecule has 0 radical (unpaired) electrons. The van der Waals surface area contributed by atoms with Crippen molar-refractivity contribution in [2.45, 2.75) is 0 Å². The van der Waals surface area contributed by atoms with Gasteiger partial charge in [0.25, 0.3) is 0 Å². The zero-order chi connectivity index (χ0) is 16.4. The number of carbonyl (C=O) groups excluding carboxylic acids is 1. The van der Waals surface area contributed by atoms with Gasteiger partial charge >= 0.3 is 0 Å². The Balaban J connectivity index is 0.000000346. The summed E-state index contributed by atoms with van der Waals surface area (Å²) in [4.78, 5) is 10.5. The van der Waals surface area contributed by atoms with E-state index < -0.39 is 10.4 Å². The van der Waals surface area contributed by atoms with E-state index in [0.717, 1.165) is 19.0 Å². The van der Waals surface area contributed by atoms with Gasteiger partial charge < -0.3 is 4.55 Å². The molecule has 0 saturated heterocycles. The summed E-state index contributed by atoms with van der Waals surface area (Å²) < 4.78 is 33.0. The number of rotatable bonds is 4. The Hall–Kier alpha value is -2.35. The number of benzene rings is 1. The lowest BCUT2D eigenvalue weighted by atomic mass is 10.1. The topological polar surface area (TPSA) is 87.4 Å². The van der Waals surface area contributed by atoms with Gasteiger partial charge in [-0.3, -0.25) is 8.98 Å². The number of aldehydes is 1. The van der Waals surface area contributed by atoms with E-state index in [1.165, 1.54) is 0 Å². The summed E-state index contributed by atoms with van der Waals surface area (Å²) in [7, 11) is -3.60. The average Bonchev–Trinajstić information content (AvgIpc) is 2.54. The lowest BCUT2D eigenvalue weighted by Crippen LogP contribution is -2.23. The highest BCUT2D eigenvalue weighted by atomic mass is 32.3. The molecule has 22 heavy (non-hydrogen) atoms. The van der Waals surface area contributed by atoms with E-state index in [-0.39, 0.29) is 0 Å². The van der Waals surface area contributed by atoms with E-state index in [1.54, 1.807) is 0 Å². The second-order valence-corrected chi connectivity index (χ2v) is 5.15. The minimum Gasteiger partial charge on any atom is -0.726 e. The fraction of sp³-hybridized carbons (Fsp3) is 0.0667. The summed E-state index contributed by atoms with van der Waals surface area (Å²) in [5.41, 5.74) is 1.77. The molecule has 0 aliphatic carbocycles. The van der Waals surface area contributed by atoms with E-state index in [0.29, 0.717) is 5.56 Å². The number of nitrogens with zero attached hydrogens (tertiary/aromatic N) is 1. The van der Waals surface area contributed by atoms with Crippen molar-refractivity contribution in [2.75, 3.05) is 7.11 Å². The molecule has 116 valence electrons. The monoisotopic (exact) mass is 321 g/mol. The Morgan fingerprint density at radius 2 is 1.55 bits per heavy atom. The third kappa shape index (κ3) is 7.44. The zero-order valence-electron chi connectivity index (χ0n) is 11.8. The maximum atomic E-state index is 10.5. The van der Waals surface area contributed by atoms with Gasteiger partial charge in [-0.2, -0.15) is 4.57 Å². The van der Waals surface area contributed by atoms with Crippen LogP contribution in [-0.2, 0) is 14.6 Å². The molecule has 0 N–H and O–H groups in total. The Labute approximate surface area is 129 Å². The second kappa shape index (κ2) is 8.83. The van der Waals surface area contributed by atoms with Crippen molar-refractivity contribution in [3.63, 3.8) is 0 Å². The third-order valence-electron chi connectivity index (χ3n) is 2.45. The lowest BCUT2D eigenvalue weighted by molar-refractivity contribution is -0.567. The van der Waals surface area contributed by atoms with Crippen LogP contribution in [0.1, 0.15) is 15.9 Å². The van der Waals surface area contributed by atoms with E-state index in [9.17, 15) is 17.8 Å². The quantitative estimate of drug-likeness (QED) is 0.369. The molecule has 0 unspecified atom stereocenters. The van der Waals surface area contributed by atoms with Crippen molar-refractivity contribution in [2.24, 2.45) is 0 Å². The SMILES string of the molecule is COS(=O)(=O)[O-].O=Cc1ccc(C=C[n+]2ccccc2)cc1. The van der Waals surface area contributed by atoms with Crippen LogP contribution in [0.4, 0.5) is 0 Å². The Morgan fingerprint density at radius 1 is 1.05 bits per heavy atom. The van der Waals surface area contributed by atoms with Crippen LogP contribution in [-0.4, -0.2) is 26.4 Å². The molecule has 1 aromatic heterocycles. The molecule has 1 heterocycles. The molecule has 0 saturated carbocycles. The summed E-state index contributed by atoms with van der Waals surface area (Å²) in [5, 5.41) is 0. The first-order chi connectivity index (χ1) is 10.4. The summed E-state index contributed by atoms with van der Waals surface area (Å²) in [6, 6.07) is 13.4. The molecule has 0 atom stereocenters. The molecular weight excluding hydrogens is 306 g/mol. The van der Waals surface area contributed by atoms with Crippen LogP contribution in [0.2, 0.25) is 0 Å². The third-order valence-corrected chi connectivity index (χ3v) is 2.86. The molecule has 0 fully saturated rings. The minimum absolute atomic E-state index is 0.699. The van der Waals surface area contributed by atoms with E-state index in [1.807, 2.05) is 71.7 Å². The number of carbonyl (C=O) groups is 1. The fourth-order valence-corrected chi connectivity index (χ4v) is 1.37. The lowest BCUT2D eigenvalue weighted by Gasteiger charge is -1.98. The molecule has 7 heteroatoms. The van der Waals surface area contributed by atoms with Crippen LogP contribution in [0.5, 0.6) is 0 Å². The summed E-state index contributed by atoms with van der Waals surface area (Å²) >= 11 is 0. The maximum absolute atomic E-state index is 10.5. The molecule has 0 aliphatic heterocycles. The minimum atomic E-state index is -4.41. The molecule has 6 nitrogen and oxygen atoms in total. The van der Waals surface area contributed by atoms with Crippen LogP contribution < -0.4 is 4.57 Å². The van der Waals surface area contributed by atoms with Gasteiger partial charge in [0.2, 0.25) is 10.4 Å². The predicted molar refractivity (Wildman–Crippen MR) is 80.4 cm³/mol.